The second-order valence-electron chi connectivity index (χ2n) is 30.8. The maximum atomic E-state index is 13.4. The van der Waals surface area contributed by atoms with Crippen molar-refractivity contribution in [2.24, 2.45) is 41.4 Å². The Labute approximate surface area is 555 Å². The van der Waals surface area contributed by atoms with Gasteiger partial charge in [0.25, 0.3) is 0 Å². The van der Waals surface area contributed by atoms with Crippen LogP contribution in [0.25, 0.3) is 0 Å². The molecule has 1 aromatic rings. The summed E-state index contributed by atoms with van der Waals surface area (Å²) in [5.41, 5.74) is -5.37. The molecule has 0 heterocycles. The Balaban J connectivity index is 0.000000216. The van der Waals surface area contributed by atoms with Crippen molar-refractivity contribution < 1.29 is 95.9 Å². The van der Waals surface area contributed by atoms with Gasteiger partial charge in [-0.2, -0.15) is 13.2 Å². The summed E-state index contributed by atoms with van der Waals surface area (Å²) in [6.07, 6.45) is 6.27. The van der Waals surface area contributed by atoms with Crippen LogP contribution in [0.1, 0.15) is 224 Å². The summed E-state index contributed by atoms with van der Waals surface area (Å²) in [4.78, 5) is 70.2. The third kappa shape index (κ3) is 18.7. The second kappa shape index (κ2) is 29.6. The van der Waals surface area contributed by atoms with E-state index in [9.17, 15) is 67.5 Å². The molecule has 17 nitrogen and oxygen atoms in total. The van der Waals surface area contributed by atoms with Crippen molar-refractivity contribution >= 4 is 35.8 Å². The van der Waals surface area contributed by atoms with Crippen molar-refractivity contribution in [3.63, 3.8) is 0 Å². The zero-order valence-electron chi connectivity index (χ0n) is 58.4. The zero-order chi connectivity index (χ0) is 71.4. The lowest BCUT2D eigenvalue weighted by Crippen LogP contribution is -2.71. The highest BCUT2D eigenvalue weighted by molar-refractivity contribution is 5.89. The third-order valence-electron chi connectivity index (χ3n) is 21.8. The molecule has 94 heavy (non-hydrogen) atoms. The Morgan fingerprint density at radius 2 is 0.926 bits per heavy atom. The number of fused-ring (bicyclic) bond motifs is 2. The standard InChI is InChI=1S/C19H24O5.C17H23F3O3.C13H20O3.C13H22O3.C12H20O3/c1-14(2)17(21)23-13-16(20)24-19(15-7-5-4-6-8-15)11-9-18(3,22)10-12-19;1-4-15(23-14(21)9(2)3)10-5-12-7-11(15)8-13(6-10)16(12,22)17(18,19)20;1-8(2)11(14)16-13(4)7-9-5-10(13)6-12(9,3)15;1-9(2)11(14)16-13(10(3)4)7-6-12(5,15)8-13;1-9(2)10(13)15-12(4)7-5-11(3,14)6-8-12/h4-8,22H,1,9-13H2,2-3H3;10-13,22H,2,4-8H2,1,3H3;9-10,15H,1,5-7H2,2-4H3;10,15H,1,6-8H2,2-5H3;14H,1,5-8H2,2-4H3. The van der Waals surface area contributed by atoms with Crippen molar-refractivity contribution in [2.75, 3.05) is 6.61 Å². The number of esters is 6. The average Bonchev–Trinajstić information content (AvgIpc) is 0.963. The number of rotatable bonds is 15. The normalized spacial score (nSPS) is 37.1. The number of halogens is 3. The molecule has 6 bridgehead atoms. The van der Waals surface area contributed by atoms with Gasteiger partial charge < -0.3 is 54.0 Å². The van der Waals surface area contributed by atoms with E-state index in [0.717, 1.165) is 31.2 Å². The molecule has 6 unspecified atom stereocenters. The number of hydrogen-bond acceptors (Lipinski definition) is 17. The lowest BCUT2D eigenvalue weighted by atomic mass is 9.44. The van der Waals surface area contributed by atoms with Gasteiger partial charge in [0.1, 0.15) is 28.0 Å². The molecule has 0 amide bonds. The summed E-state index contributed by atoms with van der Waals surface area (Å²) in [6.45, 7) is 42.6. The van der Waals surface area contributed by atoms with Crippen molar-refractivity contribution in [2.45, 2.75) is 281 Å². The second-order valence-corrected chi connectivity index (χ2v) is 30.8. The van der Waals surface area contributed by atoms with E-state index < -0.39 is 98.5 Å². The molecule has 1 aromatic carbocycles. The highest BCUT2D eigenvalue weighted by atomic mass is 19.4. The van der Waals surface area contributed by atoms with Crippen LogP contribution >= 0.6 is 0 Å². The molecule has 5 N–H and O–H groups in total. The predicted molar refractivity (Wildman–Crippen MR) is 349 cm³/mol. The Kier molecular flexibility index (Phi) is 24.9. The lowest BCUT2D eigenvalue weighted by Gasteiger charge is -2.65. The molecule has 20 heteroatoms. The molecule has 10 rings (SSSR count). The topological polar surface area (TPSA) is 259 Å². The SMILES string of the molecule is C=C(C)C(=O)OC1(C(C)C)CCC(C)(O)C1.C=C(C)C(=O)OC1(C)CC2CC1CC2(C)O.C=C(C)C(=O)OC1(C)CCC(C)(O)CC1.C=C(C)C(=O)OC1(CC)C2CC3CC1CC(C2)C3(O)C(F)(F)F.C=C(C)C(=O)OCC(=O)OC1(c2ccccc2)CCC(C)(O)CC1. The minimum atomic E-state index is -4.60. The predicted octanol–water partition coefficient (Wildman–Crippen LogP) is 13.2. The van der Waals surface area contributed by atoms with Crippen molar-refractivity contribution in [1.82, 2.24) is 0 Å². The molecule has 9 aliphatic carbocycles. The van der Waals surface area contributed by atoms with Gasteiger partial charge in [-0.15, -0.1) is 0 Å². The van der Waals surface area contributed by atoms with E-state index in [1.54, 1.807) is 41.5 Å². The van der Waals surface area contributed by atoms with Crippen LogP contribution in [0.5, 0.6) is 0 Å². The monoisotopic (exact) mass is 1330 g/mol. The first kappa shape index (κ1) is 79.0. The number of aliphatic hydroxyl groups is 5. The fourth-order valence-electron chi connectivity index (χ4n) is 15.6. The first-order chi connectivity index (χ1) is 43.0. The van der Waals surface area contributed by atoms with Crippen LogP contribution in [0.4, 0.5) is 13.2 Å². The minimum Gasteiger partial charge on any atom is -0.456 e. The average molecular weight is 1330 g/mol. The molecule has 9 fully saturated rings. The lowest BCUT2D eigenvalue weighted by molar-refractivity contribution is -0.351. The van der Waals surface area contributed by atoms with Gasteiger partial charge in [-0.05, 0) is 233 Å². The van der Waals surface area contributed by atoms with Crippen LogP contribution in [0.2, 0.25) is 0 Å². The van der Waals surface area contributed by atoms with E-state index in [0.29, 0.717) is 92.9 Å². The van der Waals surface area contributed by atoms with Gasteiger partial charge in [0, 0.05) is 40.2 Å². The molecule has 6 atom stereocenters. The first-order valence-electron chi connectivity index (χ1n) is 33.3. The van der Waals surface area contributed by atoms with Crippen molar-refractivity contribution in [3.8, 4) is 0 Å². The summed E-state index contributed by atoms with van der Waals surface area (Å²) < 4.78 is 73.2. The quantitative estimate of drug-likeness (QED) is 0.0621. The van der Waals surface area contributed by atoms with E-state index in [4.69, 9.17) is 28.4 Å². The molecule has 9 saturated carbocycles. The largest absolute Gasteiger partial charge is 0.456 e. The van der Waals surface area contributed by atoms with Gasteiger partial charge in [-0.25, -0.2) is 28.8 Å². The van der Waals surface area contributed by atoms with Gasteiger partial charge in [0.05, 0.1) is 22.4 Å². The molecular formula is C74H109F3O17. The summed E-state index contributed by atoms with van der Waals surface area (Å²) in [5.74, 6) is -3.72. The van der Waals surface area contributed by atoms with Gasteiger partial charge in [-0.3, -0.25) is 0 Å². The molecule has 528 valence electrons. The van der Waals surface area contributed by atoms with Crippen LogP contribution < -0.4 is 0 Å². The summed E-state index contributed by atoms with van der Waals surface area (Å²) >= 11 is 0. The molecule has 0 radical (unpaired) electrons. The number of benzene rings is 1. The number of carbonyl (C=O) groups excluding carboxylic acids is 6. The van der Waals surface area contributed by atoms with Crippen LogP contribution in [-0.4, -0.2) is 125 Å². The smallest absolute Gasteiger partial charge is 0.417 e. The summed E-state index contributed by atoms with van der Waals surface area (Å²) in [6, 6.07) is 9.49. The van der Waals surface area contributed by atoms with E-state index in [-0.39, 0.29) is 78.8 Å². The first-order valence-corrected chi connectivity index (χ1v) is 33.3. The Morgan fingerprint density at radius 3 is 1.31 bits per heavy atom. The molecule has 0 saturated heterocycles. The summed E-state index contributed by atoms with van der Waals surface area (Å²) in [5, 5.41) is 50.5. The zero-order valence-corrected chi connectivity index (χ0v) is 58.4. The maximum absolute atomic E-state index is 13.4. The highest BCUT2D eigenvalue weighted by Crippen LogP contribution is 2.67. The van der Waals surface area contributed by atoms with Crippen molar-refractivity contribution in [3.05, 3.63) is 96.7 Å². The number of carbonyl (C=O) groups is 6. The van der Waals surface area contributed by atoms with Gasteiger partial charge in [0.2, 0.25) is 0 Å². The molecule has 0 aliphatic heterocycles. The fourth-order valence-corrected chi connectivity index (χ4v) is 15.6. The van der Waals surface area contributed by atoms with Gasteiger partial charge in [0.15, 0.2) is 12.2 Å². The van der Waals surface area contributed by atoms with Crippen molar-refractivity contribution in [1.29, 1.82) is 0 Å². The van der Waals surface area contributed by atoms with E-state index in [2.05, 4.69) is 32.9 Å². The van der Waals surface area contributed by atoms with Crippen LogP contribution in [0, 0.1) is 41.4 Å². The van der Waals surface area contributed by atoms with E-state index >= 15 is 0 Å². The summed E-state index contributed by atoms with van der Waals surface area (Å²) in [7, 11) is 0. The number of alkyl halides is 3. The number of hydrogen-bond donors (Lipinski definition) is 5. The Bertz CT molecular complexity index is 2940. The number of ether oxygens (including phenoxy) is 6. The molecule has 0 spiro atoms. The molecular weight excluding hydrogens is 1220 g/mol. The minimum absolute atomic E-state index is 0.110. The maximum Gasteiger partial charge on any atom is 0.417 e. The van der Waals surface area contributed by atoms with Crippen LogP contribution in [0.15, 0.2) is 91.1 Å². The Morgan fingerprint density at radius 1 is 0.511 bits per heavy atom. The van der Waals surface area contributed by atoms with Gasteiger partial charge in [-0.1, -0.05) is 84.0 Å². The van der Waals surface area contributed by atoms with E-state index in [1.807, 2.05) is 78.8 Å². The molecule has 9 aliphatic rings. The van der Waals surface area contributed by atoms with Gasteiger partial charge >= 0.3 is 42.0 Å². The Hall–Kier alpha value is -5.67. The fraction of sp³-hybridized carbons (Fsp3) is 0.703. The van der Waals surface area contributed by atoms with Crippen LogP contribution in [-0.2, 0) is 62.8 Å². The highest BCUT2D eigenvalue weighted by Gasteiger charge is 2.73. The van der Waals surface area contributed by atoms with Crippen LogP contribution in [0.3, 0.4) is 0 Å². The van der Waals surface area contributed by atoms with E-state index in [1.165, 1.54) is 6.92 Å². The molecule has 0 aromatic heterocycles. The third-order valence-corrected chi connectivity index (χ3v) is 21.8.